The van der Waals surface area contributed by atoms with Crippen LogP contribution in [-0.2, 0) is 13.0 Å². The summed E-state index contributed by atoms with van der Waals surface area (Å²) in [5.74, 6) is 1.85. The zero-order valence-corrected chi connectivity index (χ0v) is 20.2. The molecule has 0 fully saturated rings. The molecule has 0 saturated heterocycles. The summed E-state index contributed by atoms with van der Waals surface area (Å²) < 4.78 is 8.26. The van der Waals surface area contributed by atoms with Crippen molar-refractivity contribution in [3.05, 3.63) is 94.8 Å². The van der Waals surface area contributed by atoms with E-state index in [0.29, 0.717) is 23.7 Å². The van der Waals surface area contributed by atoms with Crippen LogP contribution in [-0.4, -0.2) is 28.6 Å². The lowest BCUT2D eigenvalue weighted by Gasteiger charge is -2.11. The first-order chi connectivity index (χ1) is 16.6. The lowest BCUT2D eigenvalue weighted by Crippen LogP contribution is -2.24. The number of unbranched alkanes of at least 4 members (excludes halogenated alkanes) is 2. The van der Waals surface area contributed by atoms with Crippen molar-refractivity contribution in [3.63, 3.8) is 0 Å². The molecule has 3 aromatic carbocycles. The Labute approximate surface area is 205 Å². The van der Waals surface area contributed by atoms with E-state index in [1.165, 1.54) is 5.56 Å². The van der Waals surface area contributed by atoms with Crippen LogP contribution in [0.5, 0.6) is 5.75 Å². The van der Waals surface area contributed by atoms with Gasteiger partial charge in [0.1, 0.15) is 18.2 Å². The minimum atomic E-state index is -0.124. The SMILES string of the molecule is Cc1cccc(OCCn2c(CCCCCNC(=O)c3ccccc3Cl)nc3ccccc32)c1. The normalized spacial score (nSPS) is 11.0. The topological polar surface area (TPSA) is 56.1 Å². The van der Waals surface area contributed by atoms with Gasteiger partial charge in [-0.25, -0.2) is 4.98 Å². The van der Waals surface area contributed by atoms with Crippen molar-refractivity contribution >= 4 is 28.5 Å². The number of imidazole rings is 1. The van der Waals surface area contributed by atoms with Crippen LogP contribution in [0.1, 0.15) is 41.0 Å². The van der Waals surface area contributed by atoms with Crippen LogP contribution < -0.4 is 10.1 Å². The molecule has 0 bridgehead atoms. The van der Waals surface area contributed by atoms with Gasteiger partial charge in [-0.15, -0.1) is 0 Å². The fourth-order valence-electron chi connectivity index (χ4n) is 4.05. The number of halogens is 1. The maximum atomic E-state index is 12.3. The van der Waals surface area contributed by atoms with Gasteiger partial charge < -0.3 is 14.6 Å². The Morgan fingerprint density at radius 1 is 1.00 bits per heavy atom. The summed E-state index contributed by atoms with van der Waals surface area (Å²) in [5, 5.41) is 3.44. The van der Waals surface area contributed by atoms with Crippen molar-refractivity contribution in [2.24, 2.45) is 0 Å². The van der Waals surface area contributed by atoms with Crippen LogP contribution in [0.4, 0.5) is 0 Å². The molecule has 0 unspecified atom stereocenters. The van der Waals surface area contributed by atoms with Crippen LogP contribution in [0.3, 0.4) is 0 Å². The second kappa shape index (κ2) is 11.7. The highest BCUT2D eigenvalue weighted by molar-refractivity contribution is 6.33. The molecule has 0 aliphatic rings. The smallest absolute Gasteiger partial charge is 0.252 e. The number of hydrogen-bond acceptors (Lipinski definition) is 3. The third-order valence-corrected chi connectivity index (χ3v) is 6.12. The predicted molar refractivity (Wildman–Crippen MR) is 138 cm³/mol. The number of ether oxygens (including phenoxy) is 1. The van der Waals surface area contributed by atoms with E-state index in [1.54, 1.807) is 12.1 Å². The number of aryl methyl sites for hydroxylation is 2. The Kier molecular flexibility index (Phi) is 8.21. The molecule has 0 spiro atoms. The number of fused-ring (bicyclic) bond motifs is 1. The summed E-state index contributed by atoms with van der Waals surface area (Å²) in [5.41, 5.74) is 3.86. The maximum absolute atomic E-state index is 12.3. The summed E-state index contributed by atoms with van der Waals surface area (Å²) in [4.78, 5) is 17.1. The molecule has 4 aromatic rings. The van der Waals surface area contributed by atoms with Crippen LogP contribution in [0.15, 0.2) is 72.8 Å². The molecule has 34 heavy (non-hydrogen) atoms. The molecular formula is C28H30ClN3O2. The molecular weight excluding hydrogens is 446 g/mol. The number of hydrogen-bond donors (Lipinski definition) is 1. The standard InChI is InChI=1S/C28H30ClN3O2/c1-21-10-9-11-22(20-21)34-19-18-32-26-15-7-6-14-25(26)31-27(32)16-3-2-8-17-30-28(33)23-12-4-5-13-24(23)29/h4-7,9-15,20H,2-3,8,16-19H2,1H3,(H,30,33). The van der Waals surface area contributed by atoms with Crippen molar-refractivity contribution in [2.75, 3.05) is 13.2 Å². The number of nitrogens with zero attached hydrogens (tertiary/aromatic N) is 2. The van der Waals surface area contributed by atoms with Crippen molar-refractivity contribution < 1.29 is 9.53 Å². The fourth-order valence-corrected chi connectivity index (χ4v) is 4.27. The summed E-state index contributed by atoms with van der Waals surface area (Å²) in [6.07, 6.45) is 3.81. The quantitative estimate of drug-likeness (QED) is 0.262. The van der Waals surface area contributed by atoms with Gasteiger partial charge in [-0.05, 0) is 61.7 Å². The molecule has 0 aliphatic heterocycles. The number of carbonyl (C=O) groups excluding carboxylic acids is 1. The van der Waals surface area contributed by atoms with Gasteiger partial charge >= 0.3 is 0 Å². The number of benzene rings is 3. The minimum absolute atomic E-state index is 0.124. The van der Waals surface area contributed by atoms with Crippen molar-refractivity contribution in [2.45, 2.75) is 39.2 Å². The molecule has 176 valence electrons. The lowest BCUT2D eigenvalue weighted by atomic mass is 10.1. The first-order valence-electron chi connectivity index (χ1n) is 11.8. The number of carbonyl (C=O) groups is 1. The second-order valence-corrected chi connectivity index (χ2v) is 8.79. The van der Waals surface area contributed by atoms with Crippen LogP contribution in [0.25, 0.3) is 11.0 Å². The molecule has 4 rings (SSSR count). The van der Waals surface area contributed by atoms with Gasteiger partial charge in [0.05, 0.1) is 28.2 Å². The average Bonchev–Trinajstić information content (AvgIpc) is 3.19. The van der Waals surface area contributed by atoms with E-state index < -0.39 is 0 Å². The molecule has 0 saturated carbocycles. The predicted octanol–water partition coefficient (Wildman–Crippen LogP) is 6.22. The molecule has 0 radical (unpaired) electrons. The zero-order chi connectivity index (χ0) is 23.8. The Hall–Kier alpha value is -3.31. The molecule has 5 nitrogen and oxygen atoms in total. The van der Waals surface area contributed by atoms with Gasteiger partial charge in [-0.1, -0.05) is 54.4 Å². The lowest BCUT2D eigenvalue weighted by molar-refractivity contribution is 0.0953. The molecule has 1 aromatic heterocycles. The van der Waals surface area contributed by atoms with Gasteiger partial charge in [-0.3, -0.25) is 4.79 Å². The third-order valence-electron chi connectivity index (χ3n) is 5.79. The zero-order valence-electron chi connectivity index (χ0n) is 19.5. The van der Waals surface area contributed by atoms with E-state index in [4.69, 9.17) is 21.3 Å². The maximum Gasteiger partial charge on any atom is 0.252 e. The van der Waals surface area contributed by atoms with Gasteiger partial charge in [-0.2, -0.15) is 0 Å². The Balaban J connectivity index is 1.28. The van der Waals surface area contributed by atoms with Gasteiger partial charge in [0.15, 0.2) is 0 Å². The second-order valence-electron chi connectivity index (χ2n) is 8.38. The first kappa shape index (κ1) is 23.8. The van der Waals surface area contributed by atoms with Crippen LogP contribution >= 0.6 is 11.6 Å². The van der Waals surface area contributed by atoms with Crippen molar-refractivity contribution in [1.29, 1.82) is 0 Å². The molecule has 0 aliphatic carbocycles. The summed E-state index contributed by atoms with van der Waals surface area (Å²) in [7, 11) is 0. The summed E-state index contributed by atoms with van der Waals surface area (Å²) >= 11 is 6.10. The Bertz CT molecular complexity index is 1250. The Morgan fingerprint density at radius 2 is 1.82 bits per heavy atom. The number of para-hydroxylation sites is 2. The van der Waals surface area contributed by atoms with Gasteiger partial charge in [0, 0.05) is 13.0 Å². The molecule has 1 amide bonds. The molecule has 1 N–H and O–H groups in total. The minimum Gasteiger partial charge on any atom is -0.492 e. The van der Waals surface area contributed by atoms with Crippen molar-refractivity contribution in [3.8, 4) is 5.75 Å². The van der Waals surface area contributed by atoms with Crippen LogP contribution in [0.2, 0.25) is 5.02 Å². The Morgan fingerprint density at radius 3 is 2.68 bits per heavy atom. The van der Waals surface area contributed by atoms with Gasteiger partial charge in [0.25, 0.3) is 5.91 Å². The largest absolute Gasteiger partial charge is 0.492 e. The summed E-state index contributed by atoms with van der Waals surface area (Å²) in [6.45, 7) is 4.03. The monoisotopic (exact) mass is 475 g/mol. The van der Waals surface area contributed by atoms with E-state index >= 15 is 0 Å². The van der Waals surface area contributed by atoms with Crippen molar-refractivity contribution in [1.82, 2.24) is 14.9 Å². The van der Waals surface area contributed by atoms with E-state index in [2.05, 4.69) is 41.1 Å². The molecule has 6 heteroatoms. The van der Waals surface area contributed by atoms with E-state index in [-0.39, 0.29) is 5.91 Å². The van der Waals surface area contributed by atoms with E-state index in [9.17, 15) is 4.79 Å². The molecule has 1 heterocycles. The summed E-state index contributed by atoms with van der Waals surface area (Å²) in [6, 6.07) is 23.5. The third kappa shape index (κ3) is 6.17. The van der Waals surface area contributed by atoms with Gasteiger partial charge in [0.2, 0.25) is 0 Å². The first-order valence-corrected chi connectivity index (χ1v) is 12.2. The number of nitrogens with one attached hydrogen (secondary N) is 1. The number of amides is 1. The average molecular weight is 476 g/mol. The highest BCUT2D eigenvalue weighted by Crippen LogP contribution is 2.19. The van der Waals surface area contributed by atoms with E-state index in [1.807, 2.05) is 36.4 Å². The molecule has 0 atom stereocenters. The number of rotatable bonds is 11. The highest BCUT2D eigenvalue weighted by Gasteiger charge is 2.11. The fraction of sp³-hybridized carbons (Fsp3) is 0.286. The van der Waals surface area contributed by atoms with Crippen LogP contribution in [0, 0.1) is 6.92 Å². The number of aromatic nitrogens is 2. The highest BCUT2D eigenvalue weighted by atomic mass is 35.5. The van der Waals surface area contributed by atoms with E-state index in [0.717, 1.165) is 54.8 Å².